The van der Waals surface area contributed by atoms with Gasteiger partial charge in [0.15, 0.2) is 0 Å². The number of aryl methyl sites for hydroxylation is 1. The van der Waals surface area contributed by atoms with Crippen LogP contribution in [0.2, 0.25) is 0 Å². The number of thiazole rings is 1. The predicted octanol–water partition coefficient (Wildman–Crippen LogP) is 5.22. The van der Waals surface area contributed by atoms with Crippen molar-refractivity contribution >= 4 is 45.7 Å². The summed E-state index contributed by atoms with van der Waals surface area (Å²) in [4.78, 5) is 27.5. The van der Waals surface area contributed by atoms with Crippen molar-refractivity contribution < 1.29 is 9.21 Å². The number of aromatic nitrogens is 2. The van der Waals surface area contributed by atoms with E-state index in [0.29, 0.717) is 18.8 Å². The number of furan rings is 1. The Morgan fingerprint density at radius 1 is 1.16 bits per heavy atom. The highest BCUT2D eigenvalue weighted by Crippen LogP contribution is 2.28. The van der Waals surface area contributed by atoms with E-state index in [-0.39, 0.29) is 5.91 Å². The van der Waals surface area contributed by atoms with Gasteiger partial charge in [-0.25, -0.2) is 9.97 Å². The average molecular weight is 453 g/mol. The van der Waals surface area contributed by atoms with Crippen molar-refractivity contribution in [2.75, 3.05) is 25.3 Å². The van der Waals surface area contributed by atoms with E-state index < -0.39 is 0 Å². The largest absolute Gasteiger partial charge is 0.467 e. The molecule has 4 aromatic rings. The van der Waals surface area contributed by atoms with Gasteiger partial charge in [0.05, 0.1) is 29.9 Å². The van der Waals surface area contributed by atoms with Gasteiger partial charge < -0.3 is 14.2 Å². The summed E-state index contributed by atoms with van der Waals surface area (Å²) in [5, 5.41) is 3.72. The maximum atomic E-state index is 13.3. The number of hydrogen-bond acceptors (Lipinski definition) is 7. The molecule has 8 heteroatoms. The number of benzene rings is 1. The Morgan fingerprint density at radius 3 is 2.65 bits per heavy atom. The molecule has 0 saturated heterocycles. The van der Waals surface area contributed by atoms with E-state index in [1.807, 2.05) is 43.4 Å². The first-order valence-electron chi connectivity index (χ1n) is 9.83. The maximum Gasteiger partial charge on any atom is 0.274 e. The Labute approximate surface area is 189 Å². The molecule has 0 aliphatic rings. The number of pyridine rings is 1. The molecule has 0 fully saturated rings. The summed E-state index contributed by atoms with van der Waals surface area (Å²) in [5.41, 5.74) is 2.37. The molecule has 6 nitrogen and oxygen atoms in total. The Hall–Kier alpha value is -2.84. The van der Waals surface area contributed by atoms with Gasteiger partial charge in [-0.2, -0.15) is 0 Å². The number of thioether (sulfide) groups is 1. The second-order valence-corrected chi connectivity index (χ2v) is 9.36. The molecule has 31 heavy (non-hydrogen) atoms. The quantitative estimate of drug-likeness (QED) is 0.358. The van der Waals surface area contributed by atoms with Crippen LogP contribution in [0.25, 0.3) is 10.9 Å². The molecule has 0 atom stereocenters. The second kappa shape index (κ2) is 9.11. The highest BCUT2D eigenvalue weighted by Gasteiger charge is 2.22. The summed E-state index contributed by atoms with van der Waals surface area (Å²) in [6, 6.07) is 12.1. The first kappa shape index (κ1) is 21.4. The highest BCUT2D eigenvalue weighted by molar-refractivity contribution is 7.98. The molecule has 0 N–H and O–H groups in total. The lowest BCUT2D eigenvalue weighted by molar-refractivity contribution is 0.0712. The van der Waals surface area contributed by atoms with Crippen molar-refractivity contribution in [2.24, 2.45) is 0 Å². The zero-order valence-electron chi connectivity index (χ0n) is 18.0. The van der Waals surface area contributed by atoms with Crippen LogP contribution in [-0.4, -0.2) is 41.1 Å². The van der Waals surface area contributed by atoms with Crippen LogP contribution < -0.4 is 4.90 Å². The van der Waals surface area contributed by atoms with E-state index in [2.05, 4.69) is 35.5 Å². The van der Waals surface area contributed by atoms with Crippen LogP contribution in [0.3, 0.4) is 0 Å². The molecule has 160 valence electrons. The van der Waals surface area contributed by atoms with Gasteiger partial charge in [0.1, 0.15) is 17.3 Å². The third-order valence-electron chi connectivity index (χ3n) is 4.92. The fourth-order valence-corrected chi connectivity index (χ4v) is 4.45. The monoisotopic (exact) mass is 452 g/mol. The summed E-state index contributed by atoms with van der Waals surface area (Å²) in [6.45, 7) is 2.66. The number of fused-ring (bicyclic) bond motifs is 1. The predicted molar refractivity (Wildman–Crippen MR) is 127 cm³/mol. The number of anilines is 1. The number of carbonyl (C=O) groups is 1. The minimum Gasteiger partial charge on any atom is -0.467 e. The van der Waals surface area contributed by atoms with Gasteiger partial charge in [-0.05, 0) is 43.5 Å². The Kier molecular flexibility index (Phi) is 6.29. The molecule has 0 saturated carbocycles. The zero-order valence-corrected chi connectivity index (χ0v) is 19.6. The lowest BCUT2D eigenvalue weighted by atomic mass is 10.1. The van der Waals surface area contributed by atoms with Crippen LogP contribution in [-0.2, 0) is 13.1 Å². The number of nitrogens with zero attached hydrogens (tertiary/aromatic N) is 4. The Morgan fingerprint density at radius 2 is 2.00 bits per heavy atom. The standard InChI is InChI=1S/C23H24N4O2S2/c1-15-24-21(14-31-15)23(28)27(13-18-6-5-9-29-18)12-17-10-16-7-8-19(30-4)11-20(16)25-22(17)26(2)3/h5-11,14H,12-13H2,1-4H3. The molecular weight excluding hydrogens is 428 g/mol. The maximum absolute atomic E-state index is 13.3. The lowest BCUT2D eigenvalue weighted by Gasteiger charge is -2.24. The first-order chi connectivity index (χ1) is 14.9. The smallest absolute Gasteiger partial charge is 0.274 e. The average Bonchev–Trinajstić information content (AvgIpc) is 3.43. The van der Waals surface area contributed by atoms with Gasteiger partial charge in [0.25, 0.3) is 5.91 Å². The first-order valence-corrected chi connectivity index (χ1v) is 11.9. The molecule has 4 rings (SSSR count). The van der Waals surface area contributed by atoms with E-state index in [1.165, 1.54) is 16.2 Å². The third-order valence-corrected chi connectivity index (χ3v) is 6.42. The fraction of sp³-hybridized carbons (Fsp3) is 0.261. The molecule has 3 aromatic heterocycles. The van der Waals surface area contributed by atoms with Gasteiger partial charge >= 0.3 is 0 Å². The zero-order chi connectivity index (χ0) is 22.0. The normalized spacial score (nSPS) is 11.1. The minimum atomic E-state index is -0.122. The van der Waals surface area contributed by atoms with Crippen LogP contribution in [0, 0.1) is 6.92 Å². The number of amides is 1. The summed E-state index contributed by atoms with van der Waals surface area (Å²) in [7, 11) is 3.94. The molecule has 0 radical (unpaired) electrons. The Bertz CT molecular complexity index is 1200. The molecule has 0 aliphatic heterocycles. The van der Waals surface area contributed by atoms with E-state index in [9.17, 15) is 4.79 Å². The van der Waals surface area contributed by atoms with E-state index in [0.717, 1.165) is 33.1 Å². The lowest BCUT2D eigenvalue weighted by Crippen LogP contribution is -2.31. The topological polar surface area (TPSA) is 62.5 Å². The molecule has 1 amide bonds. The van der Waals surface area contributed by atoms with Gasteiger partial charge in [-0.1, -0.05) is 6.07 Å². The molecule has 0 bridgehead atoms. The van der Waals surface area contributed by atoms with Crippen LogP contribution >= 0.6 is 23.1 Å². The van der Waals surface area contributed by atoms with Gasteiger partial charge in [-0.15, -0.1) is 23.1 Å². The van der Waals surface area contributed by atoms with E-state index >= 15 is 0 Å². The van der Waals surface area contributed by atoms with Gasteiger partial charge in [0, 0.05) is 35.3 Å². The van der Waals surface area contributed by atoms with Crippen LogP contribution in [0.1, 0.15) is 26.8 Å². The van der Waals surface area contributed by atoms with Gasteiger partial charge in [-0.3, -0.25) is 4.79 Å². The van der Waals surface area contributed by atoms with Crippen LogP contribution in [0.15, 0.2) is 57.4 Å². The van der Waals surface area contributed by atoms with Crippen LogP contribution in [0.5, 0.6) is 0 Å². The molecule has 1 aromatic carbocycles. The van der Waals surface area contributed by atoms with E-state index in [1.54, 1.807) is 22.9 Å². The number of hydrogen-bond donors (Lipinski definition) is 0. The molecule has 0 unspecified atom stereocenters. The van der Waals surface area contributed by atoms with Crippen molar-refractivity contribution in [2.45, 2.75) is 24.9 Å². The molecule has 0 aliphatic carbocycles. The van der Waals surface area contributed by atoms with Crippen LogP contribution in [0.4, 0.5) is 5.82 Å². The summed E-state index contributed by atoms with van der Waals surface area (Å²) in [5.74, 6) is 1.45. The van der Waals surface area contributed by atoms with Gasteiger partial charge in [0.2, 0.25) is 0 Å². The van der Waals surface area contributed by atoms with Crippen molar-refractivity contribution in [3.05, 3.63) is 70.1 Å². The molecule has 0 spiro atoms. The SMILES string of the molecule is CSc1ccc2cc(CN(Cc3ccco3)C(=O)c3csc(C)n3)c(N(C)C)nc2c1. The summed E-state index contributed by atoms with van der Waals surface area (Å²) < 4.78 is 5.53. The number of rotatable bonds is 7. The molecule has 3 heterocycles. The second-order valence-electron chi connectivity index (χ2n) is 7.42. The molecular formula is C23H24N4O2S2. The third kappa shape index (κ3) is 4.75. The van der Waals surface area contributed by atoms with Crippen molar-refractivity contribution in [3.8, 4) is 0 Å². The van der Waals surface area contributed by atoms with Crippen molar-refractivity contribution in [1.29, 1.82) is 0 Å². The highest BCUT2D eigenvalue weighted by atomic mass is 32.2. The Balaban J connectivity index is 1.74. The summed E-state index contributed by atoms with van der Waals surface area (Å²) in [6.07, 6.45) is 3.68. The fourth-order valence-electron chi connectivity index (χ4n) is 3.43. The number of carbonyl (C=O) groups excluding carboxylic acids is 1. The van der Waals surface area contributed by atoms with Crippen molar-refractivity contribution in [3.63, 3.8) is 0 Å². The summed E-state index contributed by atoms with van der Waals surface area (Å²) >= 11 is 3.17. The van der Waals surface area contributed by atoms with E-state index in [4.69, 9.17) is 9.40 Å². The van der Waals surface area contributed by atoms with Crippen molar-refractivity contribution in [1.82, 2.24) is 14.9 Å². The minimum absolute atomic E-state index is 0.122.